The molecule has 4 aliphatic carbocycles. The van der Waals surface area contributed by atoms with Crippen molar-refractivity contribution in [2.45, 2.75) is 10.8 Å². The lowest BCUT2D eigenvalue weighted by atomic mass is 9.70. The highest BCUT2D eigenvalue weighted by atomic mass is 16.4. The molecule has 15 aromatic carbocycles. The fourth-order valence-electron chi connectivity index (χ4n) is 17.9. The predicted molar refractivity (Wildman–Crippen MR) is 430 cm³/mol. The molecule has 3 heterocycles. The van der Waals surface area contributed by atoms with Crippen LogP contribution in [0.15, 0.2) is 373 Å². The number of aromatic nitrogens is 6. The predicted octanol–water partition coefficient (Wildman–Crippen LogP) is 24.0. The van der Waals surface area contributed by atoms with Crippen LogP contribution in [-0.2, 0) is 10.8 Å². The summed E-state index contributed by atoms with van der Waals surface area (Å²) in [6.45, 7) is 0. The van der Waals surface area contributed by atoms with E-state index in [4.69, 9.17) is 18.8 Å². The van der Waals surface area contributed by atoms with E-state index in [1.54, 1.807) is 0 Å². The molecular weight excluding hydrogens is 1320 g/mol. The van der Waals surface area contributed by atoms with E-state index in [2.05, 4.69) is 309 Å². The Balaban J connectivity index is 0.667. The molecule has 2 spiro atoms. The third-order valence-corrected chi connectivity index (χ3v) is 22.5. The molecule has 0 saturated heterocycles. The third-order valence-electron chi connectivity index (χ3n) is 22.5. The largest absolute Gasteiger partial charge is 0.416 e. The number of fused-ring (bicyclic) bond motifs is 21. The average Bonchev–Trinajstić information content (AvgIpc) is 1.52. The summed E-state index contributed by atoms with van der Waals surface area (Å²) in [4.78, 5) is 15.7. The molecule has 10 heteroatoms. The maximum atomic E-state index is 6.32. The van der Waals surface area contributed by atoms with Crippen LogP contribution in [0.1, 0.15) is 44.5 Å². The van der Waals surface area contributed by atoms with Gasteiger partial charge in [-0.15, -0.1) is 20.4 Å². The molecule has 0 amide bonds. The summed E-state index contributed by atoms with van der Waals surface area (Å²) < 4.78 is 12.6. The molecule has 0 bridgehead atoms. The first-order chi connectivity index (χ1) is 53.5. The minimum atomic E-state index is -0.546. The van der Waals surface area contributed by atoms with E-state index in [-0.39, 0.29) is 0 Å². The summed E-state index contributed by atoms with van der Waals surface area (Å²) in [5.41, 5.74) is 33.2. The third kappa shape index (κ3) is 9.13. The van der Waals surface area contributed by atoms with E-state index in [1.807, 2.05) is 84.9 Å². The maximum absolute atomic E-state index is 6.32. The zero-order valence-electron chi connectivity index (χ0n) is 58.0. The Hall–Kier alpha value is -14.5. The van der Waals surface area contributed by atoms with Crippen molar-refractivity contribution >= 4 is 45.2 Å². The lowest BCUT2D eigenvalue weighted by Crippen LogP contribution is -2.26. The highest BCUT2D eigenvalue weighted by Gasteiger charge is 2.53. The monoisotopic (exact) mass is 1380 g/mol. The van der Waals surface area contributed by atoms with Gasteiger partial charge in [-0.3, -0.25) is 0 Å². The van der Waals surface area contributed by atoms with Gasteiger partial charge in [-0.05, 0) is 222 Å². The quantitative estimate of drug-likeness (QED) is 0.117. The van der Waals surface area contributed by atoms with Crippen molar-refractivity contribution in [3.63, 3.8) is 0 Å². The molecule has 0 aliphatic heterocycles. The van der Waals surface area contributed by atoms with E-state index < -0.39 is 10.8 Å². The summed E-state index contributed by atoms with van der Waals surface area (Å²) in [5.74, 6) is 1.82. The fourth-order valence-corrected chi connectivity index (χ4v) is 17.9. The molecule has 504 valence electrons. The number of nitrogens with zero attached hydrogens (tertiary/aromatic N) is 8. The van der Waals surface area contributed by atoms with Gasteiger partial charge in [0, 0.05) is 67.5 Å². The fraction of sp³-hybridized carbons (Fsp3) is 0.0204. The van der Waals surface area contributed by atoms with E-state index >= 15 is 0 Å². The molecule has 10 nitrogen and oxygen atoms in total. The molecule has 22 rings (SSSR count). The topological polar surface area (TPSA) is 110 Å². The zero-order valence-corrected chi connectivity index (χ0v) is 58.0. The van der Waals surface area contributed by atoms with E-state index in [1.165, 1.54) is 89.0 Å². The molecule has 0 N–H and O–H groups in total. The molecule has 0 unspecified atom stereocenters. The molecule has 4 aliphatic rings. The van der Waals surface area contributed by atoms with Crippen molar-refractivity contribution in [1.29, 1.82) is 0 Å². The van der Waals surface area contributed by atoms with Gasteiger partial charge in [0.15, 0.2) is 0 Å². The van der Waals surface area contributed by atoms with Crippen LogP contribution in [0.2, 0.25) is 0 Å². The second-order valence-corrected chi connectivity index (χ2v) is 28.1. The molecule has 0 radical (unpaired) electrons. The first-order valence-electron chi connectivity index (χ1n) is 36.5. The van der Waals surface area contributed by atoms with Gasteiger partial charge in [-0.25, -0.2) is 9.97 Å². The Morgan fingerprint density at radius 1 is 0.194 bits per heavy atom. The number of benzene rings is 15. The van der Waals surface area contributed by atoms with Crippen LogP contribution in [0, 0.1) is 0 Å². The van der Waals surface area contributed by atoms with Crippen LogP contribution < -0.4 is 9.80 Å². The van der Waals surface area contributed by atoms with Gasteiger partial charge in [0.25, 0.3) is 0 Å². The van der Waals surface area contributed by atoms with Crippen LogP contribution in [0.4, 0.5) is 34.1 Å². The Morgan fingerprint density at radius 2 is 0.426 bits per heavy atom. The van der Waals surface area contributed by atoms with Gasteiger partial charge < -0.3 is 18.6 Å². The first kappa shape index (κ1) is 61.0. The second kappa shape index (κ2) is 24.0. The normalized spacial score (nSPS) is 13.1. The van der Waals surface area contributed by atoms with Crippen LogP contribution in [0.25, 0.3) is 124 Å². The van der Waals surface area contributed by atoms with Crippen molar-refractivity contribution < 1.29 is 8.83 Å². The number of rotatable bonds is 12. The molecular formula is C98H60N8O2. The Morgan fingerprint density at radius 3 is 0.722 bits per heavy atom. The Labute approximate surface area is 622 Å². The van der Waals surface area contributed by atoms with Crippen molar-refractivity contribution in [2.24, 2.45) is 0 Å². The number of hydrogen-bond donors (Lipinski definition) is 0. The Bertz CT molecular complexity index is 6100. The Kier molecular flexibility index (Phi) is 13.6. The standard InChI is InChI=1S/C98H60N8O2/c1-3-21-63(22-4-1)93-101-103-95(107-93)65-43-51-69(52-44-65)105(71-55-57-79-77-29-11-17-35-85(77)97(87(79)59-71)81-31-13-7-25-73(81)74-26-8-14-32-82(74)97)67-47-39-61(40-48-67)91-92(100-90-38-20-19-37-89(90)99-91)62-41-49-68(50-42-62)106(70-53-45-66(46-54-70)96-104-102-94(108-96)64-23-5-2-6-24-64)72-56-58-80-78-30-12-18-36-86(78)98(88(80)60-72)83-33-15-9-27-75(83)76-28-10-16-34-84(76)98/h1-60H. The van der Waals surface area contributed by atoms with Gasteiger partial charge in [-0.2, -0.15) is 0 Å². The zero-order chi connectivity index (χ0) is 71.0. The summed E-state index contributed by atoms with van der Waals surface area (Å²) in [6.07, 6.45) is 0. The minimum Gasteiger partial charge on any atom is -0.416 e. The number of para-hydroxylation sites is 2. The van der Waals surface area contributed by atoms with Crippen molar-refractivity contribution in [2.75, 3.05) is 9.80 Å². The van der Waals surface area contributed by atoms with Crippen molar-refractivity contribution in [3.8, 4) is 113 Å². The molecule has 108 heavy (non-hydrogen) atoms. The summed E-state index contributed by atoms with van der Waals surface area (Å²) in [6, 6.07) is 130. The van der Waals surface area contributed by atoms with Crippen LogP contribution in [-0.4, -0.2) is 30.4 Å². The van der Waals surface area contributed by atoms with Gasteiger partial charge in [-0.1, -0.05) is 231 Å². The molecule has 18 aromatic rings. The average molecular weight is 1380 g/mol. The van der Waals surface area contributed by atoms with Gasteiger partial charge in [0.2, 0.25) is 23.6 Å². The lowest BCUT2D eigenvalue weighted by molar-refractivity contribution is 0.584. The maximum Gasteiger partial charge on any atom is 0.248 e. The summed E-state index contributed by atoms with van der Waals surface area (Å²) >= 11 is 0. The van der Waals surface area contributed by atoms with Crippen molar-refractivity contribution in [3.05, 3.63) is 408 Å². The van der Waals surface area contributed by atoms with E-state index in [0.29, 0.717) is 23.6 Å². The van der Waals surface area contributed by atoms with Gasteiger partial charge in [0.1, 0.15) is 0 Å². The highest BCUT2D eigenvalue weighted by Crippen LogP contribution is 2.65. The van der Waals surface area contributed by atoms with Crippen LogP contribution in [0.5, 0.6) is 0 Å². The summed E-state index contributed by atoms with van der Waals surface area (Å²) in [7, 11) is 0. The molecule has 0 saturated carbocycles. The van der Waals surface area contributed by atoms with Gasteiger partial charge >= 0.3 is 0 Å². The molecule has 3 aromatic heterocycles. The second-order valence-electron chi connectivity index (χ2n) is 28.1. The smallest absolute Gasteiger partial charge is 0.248 e. The molecule has 0 fully saturated rings. The highest BCUT2D eigenvalue weighted by molar-refractivity contribution is 5.99. The van der Waals surface area contributed by atoms with E-state index in [0.717, 1.165) is 89.9 Å². The number of anilines is 6. The lowest BCUT2D eigenvalue weighted by Gasteiger charge is -2.32. The minimum absolute atomic E-state index is 0.443. The van der Waals surface area contributed by atoms with Crippen LogP contribution in [0.3, 0.4) is 0 Å². The first-order valence-corrected chi connectivity index (χ1v) is 36.5. The molecule has 0 atom stereocenters. The van der Waals surface area contributed by atoms with Crippen LogP contribution >= 0.6 is 0 Å². The van der Waals surface area contributed by atoms with E-state index in [9.17, 15) is 0 Å². The summed E-state index contributed by atoms with van der Waals surface area (Å²) in [5, 5.41) is 17.9. The van der Waals surface area contributed by atoms with Crippen molar-refractivity contribution in [1.82, 2.24) is 30.4 Å². The number of hydrogen-bond acceptors (Lipinski definition) is 10. The SMILES string of the molecule is c1ccc(-c2nnc(-c3ccc(N(c4ccc(-c5nc6ccccc6nc5-c5ccc(N(c6ccc(-c7nnc(-c8ccccc8)o7)cc6)c6ccc7c(c6)C6(c8ccccc8-c8ccccc86)c6ccccc6-7)cc5)cc4)c4ccc5c(c4)C4(c6ccccc6-c6ccccc64)c4ccccc4-5)cc3)o2)cc1. The van der Waals surface area contributed by atoms with Gasteiger partial charge in [0.05, 0.1) is 33.3 Å².